The first-order valence-electron chi connectivity index (χ1n) is 6.73. The Balaban J connectivity index is 1.68. The highest BCUT2D eigenvalue weighted by atomic mass is 16.5. The molecule has 0 bridgehead atoms. The highest BCUT2D eigenvalue weighted by Gasteiger charge is 2.18. The van der Waals surface area contributed by atoms with Crippen molar-refractivity contribution in [3.63, 3.8) is 0 Å². The standard InChI is InChI=1S/C15H15N3O3/c19-15(18-12-2-5-16-6-3-12)11-1-7-17-14(9-11)21-13-4-8-20-10-13/h1-3,5-7,9,13H,4,8,10H2,(H,16,18,19)/t13-/m1/s1. The fraction of sp³-hybridized carbons (Fsp3) is 0.267. The number of anilines is 1. The van der Waals surface area contributed by atoms with Crippen molar-refractivity contribution in [2.24, 2.45) is 0 Å². The monoisotopic (exact) mass is 285 g/mol. The summed E-state index contributed by atoms with van der Waals surface area (Å²) < 4.78 is 10.9. The summed E-state index contributed by atoms with van der Waals surface area (Å²) >= 11 is 0. The lowest BCUT2D eigenvalue weighted by atomic mass is 10.2. The van der Waals surface area contributed by atoms with E-state index in [1.54, 1.807) is 42.9 Å². The molecule has 0 aliphatic carbocycles. The van der Waals surface area contributed by atoms with Gasteiger partial charge in [-0.1, -0.05) is 0 Å². The van der Waals surface area contributed by atoms with E-state index in [2.05, 4.69) is 15.3 Å². The normalized spacial score (nSPS) is 17.4. The molecule has 1 amide bonds. The van der Waals surface area contributed by atoms with E-state index in [9.17, 15) is 4.79 Å². The predicted octanol–water partition coefficient (Wildman–Crippen LogP) is 1.90. The number of pyridine rings is 2. The lowest BCUT2D eigenvalue weighted by molar-refractivity contribution is 0.102. The Hall–Kier alpha value is -2.47. The van der Waals surface area contributed by atoms with Crippen LogP contribution >= 0.6 is 0 Å². The smallest absolute Gasteiger partial charge is 0.255 e. The lowest BCUT2D eigenvalue weighted by Crippen LogP contribution is -2.17. The number of hydrogen-bond acceptors (Lipinski definition) is 5. The summed E-state index contributed by atoms with van der Waals surface area (Å²) in [5.74, 6) is 0.226. The average molecular weight is 285 g/mol. The van der Waals surface area contributed by atoms with Crippen LogP contribution in [0.2, 0.25) is 0 Å². The molecule has 108 valence electrons. The zero-order chi connectivity index (χ0) is 14.5. The van der Waals surface area contributed by atoms with Crippen LogP contribution in [0.1, 0.15) is 16.8 Å². The zero-order valence-corrected chi connectivity index (χ0v) is 11.4. The number of amides is 1. The van der Waals surface area contributed by atoms with Crippen LogP contribution in [0.15, 0.2) is 42.9 Å². The highest BCUT2D eigenvalue weighted by molar-refractivity contribution is 6.04. The second kappa shape index (κ2) is 6.32. The number of hydrogen-bond donors (Lipinski definition) is 1. The second-order valence-corrected chi connectivity index (χ2v) is 4.68. The van der Waals surface area contributed by atoms with Gasteiger partial charge in [0.1, 0.15) is 6.10 Å². The van der Waals surface area contributed by atoms with Gasteiger partial charge in [0.2, 0.25) is 5.88 Å². The maximum Gasteiger partial charge on any atom is 0.255 e. The summed E-state index contributed by atoms with van der Waals surface area (Å²) in [6.45, 7) is 1.27. The molecule has 0 spiro atoms. The van der Waals surface area contributed by atoms with E-state index in [1.165, 1.54) is 0 Å². The molecule has 2 aromatic heterocycles. The van der Waals surface area contributed by atoms with Gasteiger partial charge in [0.05, 0.1) is 13.2 Å². The lowest BCUT2D eigenvalue weighted by Gasteiger charge is -2.11. The molecule has 1 saturated heterocycles. The van der Waals surface area contributed by atoms with Crippen LogP contribution in [0.25, 0.3) is 0 Å². The van der Waals surface area contributed by atoms with E-state index in [0.717, 1.165) is 6.42 Å². The van der Waals surface area contributed by atoms with E-state index in [1.807, 2.05) is 0 Å². The Morgan fingerprint density at radius 3 is 2.90 bits per heavy atom. The predicted molar refractivity (Wildman–Crippen MR) is 76.3 cm³/mol. The van der Waals surface area contributed by atoms with Gasteiger partial charge in [0, 0.05) is 42.3 Å². The van der Waals surface area contributed by atoms with Crippen LogP contribution in [0.4, 0.5) is 5.69 Å². The van der Waals surface area contributed by atoms with Crippen molar-refractivity contribution in [2.45, 2.75) is 12.5 Å². The van der Waals surface area contributed by atoms with E-state index in [0.29, 0.717) is 30.3 Å². The zero-order valence-electron chi connectivity index (χ0n) is 11.4. The summed E-state index contributed by atoms with van der Waals surface area (Å²) in [6.07, 6.45) is 5.66. The molecule has 3 heterocycles. The van der Waals surface area contributed by atoms with Crippen molar-refractivity contribution < 1.29 is 14.3 Å². The fourth-order valence-corrected chi connectivity index (χ4v) is 2.03. The van der Waals surface area contributed by atoms with Gasteiger partial charge in [-0.2, -0.15) is 0 Å². The minimum Gasteiger partial charge on any atom is -0.472 e. The molecule has 0 saturated carbocycles. The Bertz CT molecular complexity index is 613. The van der Waals surface area contributed by atoms with Gasteiger partial charge in [-0.3, -0.25) is 9.78 Å². The number of nitrogens with one attached hydrogen (secondary N) is 1. The molecule has 1 atom stereocenters. The van der Waals surface area contributed by atoms with Gasteiger partial charge >= 0.3 is 0 Å². The third kappa shape index (κ3) is 3.55. The van der Waals surface area contributed by atoms with E-state index in [-0.39, 0.29) is 12.0 Å². The summed E-state index contributed by atoms with van der Waals surface area (Å²) in [6, 6.07) is 6.74. The van der Waals surface area contributed by atoms with Crippen LogP contribution in [0.5, 0.6) is 5.88 Å². The maximum absolute atomic E-state index is 12.2. The molecule has 0 radical (unpaired) electrons. The number of rotatable bonds is 4. The number of carbonyl (C=O) groups excluding carboxylic acids is 1. The Morgan fingerprint density at radius 1 is 1.29 bits per heavy atom. The van der Waals surface area contributed by atoms with Crippen LogP contribution in [-0.4, -0.2) is 35.2 Å². The summed E-state index contributed by atoms with van der Waals surface area (Å²) in [5, 5.41) is 2.79. The van der Waals surface area contributed by atoms with Gasteiger partial charge < -0.3 is 14.8 Å². The van der Waals surface area contributed by atoms with Crippen LogP contribution in [0.3, 0.4) is 0 Å². The van der Waals surface area contributed by atoms with Crippen LogP contribution < -0.4 is 10.1 Å². The van der Waals surface area contributed by atoms with Crippen LogP contribution in [-0.2, 0) is 4.74 Å². The first-order valence-corrected chi connectivity index (χ1v) is 6.73. The first-order chi connectivity index (χ1) is 10.3. The highest BCUT2D eigenvalue weighted by Crippen LogP contribution is 2.16. The Labute approximate surface area is 122 Å². The van der Waals surface area contributed by atoms with E-state index >= 15 is 0 Å². The topological polar surface area (TPSA) is 73.3 Å². The number of carbonyl (C=O) groups is 1. The molecule has 1 fully saturated rings. The first kappa shape index (κ1) is 13.5. The molecular formula is C15H15N3O3. The number of aromatic nitrogens is 2. The third-order valence-corrected chi connectivity index (χ3v) is 3.11. The quantitative estimate of drug-likeness (QED) is 0.928. The van der Waals surface area contributed by atoms with Crippen molar-refractivity contribution in [2.75, 3.05) is 18.5 Å². The van der Waals surface area contributed by atoms with Crippen molar-refractivity contribution >= 4 is 11.6 Å². The Kier molecular flexibility index (Phi) is 4.07. The number of nitrogens with zero attached hydrogens (tertiary/aromatic N) is 2. The average Bonchev–Trinajstić information content (AvgIpc) is 3.01. The number of ether oxygens (including phenoxy) is 2. The van der Waals surface area contributed by atoms with Gasteiger partial charge in [-0.25, -0.2) is 4.98 Å². The fourth-order valence-electron chi connectivity index (χ4n) is 2.03. The SMILES string of the molecule is O=C(Nc1ccncc1)c1ccnc(O[C@@H]2CCOC2)c1. The van der Waals surface area contributed by atoms with Gasteiger partial charge in [-0.15, -0.1) is 0 Å². The molecule has 0 unspecified atom stereocenters. The minimum absolute atomic E-state index is 0.0102. The molecule has 1 N–H and O–H groups in total. The molecule has 0 aromatic carbocycles. The molecule has 6 nitrogen and oxygen atoms in total. The molecule has 1 aliphatic rings. The summed E-state index contributed by atoms with van der Waals surface area (Å²) in [7, 11) is 0. The maximum atomic E-state index is 12.2. The molecule has 2 aromatic rings. The summed E-state index contributed by atoms with van der Waals surface area (Å²) in [5.41, 5.74) is 1.19. The van der Waals surface area contributed by atoms with Crippen molar-refractivity contribution in [3.05, 3.63) is 48.4 Å². The van der Waals surface area contributed by atoms with Crippen molar-refractivity contribution in [3.8, 4) is 5.88 Å². The van der Waals surface area contributed by atoms with Crippen molar-refractivity contribution in [1.29, 1.82) is 0 Å². The molecule has 6 heteroatoms. The second-order valence-electron chi connectivity index (χ2n) is 4.68. The Morgan fingerprint density at radius 2 is 2.14 bits per heavy atom. The summed E-state index contributed by atoms with van der Waals surface area (Å²) in [4.78, 5) is 20.2. The van der Waals surface area contributed by atoms with Gasteiger partial charge in [-0.05, 0) is 18.2 Å². The van der Waals surface area contributed by atoms with E-state index < -0.39 is 0 Å². The molecule has 21 heavy (non-hydrogen) atoms. The van der Waals surface area contributed by atoms with E-state index in [4.69, 9.17) is 9.47 Å². The van der Waals surface area contributed by atoms with Gasteiger partial charge in [0.25, 0.3) is 5.91 Å². The molecular weight excluding hydrogens is 270 g/mol. The molecule has 1 aliphatic heterocycles. The van der Waals surface area contributed by atoms with Gasteiger partial charge in [0.15, 0.2) is 0 Å². The largest absolute Gasteiger partial charge is 0.472 e. The van der Waals surface area contributed by atoms with Crippen LogP contribution in [0, 0.1) is 0 Å². The minimum atomic E-state index is -0.212. The third-order valence-electron chi connectivity index (χ3n) is 3.11. The molecule has 3 rings (SSSR count). The van der Waals surface area contributed by atoms with Crippen molar-refractivity contribution in [1.82, 2.24) is 9.97 Å².